The molecule has 1 aliphatic heterocycles. The third-order valence-electron chi connectivity index (χ3n) is 4.14. The van der Waals surface area contributed by atoms with Crippen molar-refractivity contribution >= 4 is 11.8 Å². The Morgan fingerprint density at radius 1 is 1.39 bits per heavy atom. The number of rotatable bonds is 3. The molecule has 2 fully saturated rings. The second-order valence-corrected chi connectivity index (χ2v) is 6.16. The Hall–Kier alpha value is -1.06. The van der Waals surface area contributed by atoms with Gasteiger partial charge in [0.25, 0.3) is 0 Å². The fourth-order valence-corrected chi connectivity index (χ4v) is 3.49. The van der Waals surface area contributed by atoms with Gasteiger partial charge in [-0.3, -0.25) is 9.59 Å². The largest absolute Gasteiger partial charge is 0.353 e. The molecule has 2 rings (SSSR count). The first-order valence-electron chi connectivity index (χ1n) is 7.10. The maximum Gasteiger partial charge on any atom is 0.239 e. The second-order valence-electron chi connectivity index (χ2n) is 6.16. The summed E-state index contributed by atoms with van der Waals surface area (Å²) in [5.41, 5.74) is -0.175. The van der Waals surface area contributed by atoms with Crippen molar-refractivity contribution in [2.75, 3.05) is 19.6 Å². The Labute approximate surface area is 109 Å². The fraction of sp³-hybridized carbons (Fsp3) is 0.857. The van der Waals surface area contributed by atoms with Crippen LogP contribution in [0, 0.1) is 11.3 Å². The quantitative estimate of drug-likeness (QED) is 0.828. The summed E-state index contributed by atoms with van der Waals surface area (Å²) in [6, 6.07) is 0. The second kappa shape index (κ2) is 5.29. The van der Waals surface area contributed by atoms with E-state index in [4.69, 9.17) is 0 Å². The zero-order valence-corrected chi connectivity index (χ0v) is 11.5. The maximum absolute atomic E-state index is 12.7. The van der Waals surface area contributed by atoms with Gasteiger partial charge in [-0.1, -0.05) is 26.7 Å². The van der Waals surface area contributed by atoms with Crippen molar-refractivity contribution in [3.63, 3.8) is 0 Å². The Morgan fingerprint density at radius 3 is 2.61 bits per heavy atom. The zero-order valence-electron chi connectivity index (χ0n) is 11.5. The van der Waals surface area contributed by atoms with Crippen LogP contribution in [0.1, 0.15) is 46.0 Å². The van der Waals surface area contributed by atoms with Gasteiger partial charge in [0, 0.05) is 18.5 Å². The molecular weight excluding hydrogens is 228 g/mol. The van der Waals surface area contributed by atoms with Crippen molar-refractivity contribution in [1.82, 2.24) is 10.2 Å². The minimum Gasteiger partial charge on any atom is -0.353 e. The number of piperazine rings is 1. The summed E-state index contributed by atoms with van der Waals surface area (Å²) >= 11 is 0. The van der Waals surface area contributed by atoms with Crippen molar-refractivity contribution in [3.05, 3.63) is 0 Å². The average Bonchev–Trinajstić information content (AvgIpc) is 2.77. The van der Waals surface area contributed by atoms with Gasteiger partial charge in [-0.2, -0.15) is 0 Å². The van der Waals surface area contributed by atoms with Gasteiger partial charge >= 0.3 is 0 Å². The number of amides is 2. The predicted octanol–water partition coefficient (Wildman–Crippen LogP) is 1.55. The van der Waals surface area contributed by atoms with Gasteiger partial charge in [-0.15, -0.1) is 0 Å². The van der Waals surface area contributed by atoms with E-state index in [1.54, 1.807) is 4.90 Å². The van der Waals surface area contributed by atoms with Crippen molar-refractivity contribution in [1.29, 1.82) is 0 Å². The van der Waals surface area contributed by atoms with Gasteiger partial charge in [0.1, 0.15) is 0 Å². The van der Waals surface area contributed by atoms with E-state index in [9.17, 15) is 9.59 Å². The SMILES string of the molecule is CC(C)CC1(C(=O)N2CCNC(=O)C2)CCCC1. The smallest absolute Gasteiger partial charge is 0.239 e. The summed E-state index contributed by atoms with van der Waals surface area (Å²) in [6.45, 7) is 5.87. The highest BCUT2D eigenvalue weighted by Crippen LogP contribution is 2.44. The molecule has 0 radical (unpaired) electrons. The molecule has 1 N–H and O–H groups in total. The number of hydrogen-bond acceptors (Lipinski definition) is 2. The first kappa shape index (κ1) is 13.4. The van der Waals surface area contributed by atoms with E-state index < -0.39 is 0 Å². The standard InChI is InChI=1S/C14H24N2O2/c1-11(2)9-14(5-3-4-6-14)13(18)16-8-7-15-12(17)10-16/h11H,3-10H2,1-2H3,(H,15,17). The summed E-state index contributed by atoms with van der Waals surface area (Å²) in [5.74, 6) is 0.738. The highest BCUT2D eigenvalue weighted by atomic mass is 16.2. The molecule has 1 saturated carbocycles. The summed E-state index contributed by atoms with van der Waals surface area (Å²) in [7, 11) is 0. The van der Waals surface area contributed by atoms with Gasteiger partial charge in [-0.25, -0.2) is 0 Å². The molecule has 1 aliphatic carbocycles. The number of nitrogens with zero attached hydrogens (tertiary/aromatic N) is 1. The minimum atomic E-state index is -0.175. The van der Waals surface area contributed by atoms with Gasteiger partial charge in [0.15, 0.2) is 0 Å². The molecule has 4 nitrogen and oxygen atoms in total. The third-order valence-corrected chi connectivity index (χ3v) is 4.14. The molecule has 0 unspecified atom stereocenters. The number of carbonyl (C=O) groups is 2. The van der Waals surface area contributed by atoms with E-state index in [1.807, 2.05) is 0 Å². The molecule has 0 aromatic heterocycles. The van der Waals surface area contributed by atoms with Crippen LogP contribution < -0.4 is 5.32 Å². The molecule has 0 spiro atoms. The first-order valence-corrected chi connectivity index (χ1v) is 7.10. The number of nitrogens with one attached hydrogen (secondary N) is 1. The van der Waals surface area contributed by atoms with Crippen LogP contribution in [0.5, 0.6) is 0 Å². The summed E-state index contributed by atoms with van der Waals surface area (Å²) in [5, 5.41) is 2.78. The highest BCUT2D eigenvalue weighted by Gasteiger charge is 2.44. The van der Waals surface area contributed by atoms with Gasteiger partial charge in [-0.05, 0) is 25.2 Å². The maximum atomic E-state index is 12.7. The van der Waals surface area contributed by atoms with E-state index in [-0.39, 0.29) is 23.8 Å². The molecule has 2 aliphatic rings. The molecule has 2 amide bonds. The first-order chi connectivity index (χ1) is 8.53. The van der Waals surface area contributed by atoms with Crippen molar-refractivity contribution in [2.45, 2.75) is 46.0 Å². The Kier molecular flexibility index (Phi) is 3.93. The van der Waals surface area contributed by atoms with Crippen LogP contribution in [-0.2, 0) is 9.59 Å². The molecule has 102 valence electrons. The topological polar surface area (TPSA) is 49.4 Å². The molecule has 1 heterocycles. The monoisotopic (exact) mass is 252 g/mol. The van der Waals surface area contributed by atoms with Crippen LogP contribution in [0.25, 0.3) is 0 Å². The van der Waals surface area contributed by atoms with Gasteiger partial charge in [0.2, 0.25) is 11.8 Å². The molecular formula is C14H24N2O2. The van der Waals surface area contributed by atoms with Crippen molar-refractivity contribution < 1.29 is 9.59 Å². The van der Waals surface area contributed by atoms with Crippen molar-refractivity contribution in [2.24, 2.45) is 11.3 Å². The lowest BCUT2D eigenvalue weighted by Gasteiger charge is -2.37. The normalized spacial score (nSPS) is 23.3. The van der Waals surface area contributed by atoms with Gasteiger partial charge < -0.3 is 10.2 Å². The summed E-state index contributed by atoms with van der Waals surface area (Å²) in [4.78, 5) is 25.9. The minimum absolute atomic E-state index is 0.0210. The Bertz CT molecular complexity index is 333. The number of carbonyl (C=O) groups excluding carboxylic acids is 2. The molecule has 0 aromatic carbocycles. The Morgan fingerprint density at radius 2 is 2.06 bits per heavy atom. The molecule has 0 aromatic rings. The van der Waals surface area contributed by atoms with Crippen LogP contribution in [0.4, 0.5) is 0 Å². The molecule has 18 heavy (non-hydrogen) atoms. The summed E-state index contributed by atoms with van der Waals surface area (Å²) < 4.78 is 0. The lowest BCUT2D eigenvalue weighted by molar-refractivity contribution is -0.147. The zero-order chi connectivity index (χ0) is 13.2. The van der Waals surface area contributed by atoms with E-state index in [1.165, 1.54) is 0 Å². The van der Waals surface area contributed by atoms with E-state index >= 15 is 0 Å². The molecule has 0 bridgehead atoms. The third kappa shape index (κ3) is 2.68. The van der Waals surface area contributed by atoms with Crippen LogP contribution >= 0.6 is 0 Å². The lowest BCUT2D eigenvalue weighted by Crippen LogP contribution is -2.54. The fourth-order valence-electron chi connectivity index (χ4n) is 3.49. The molecule has 4 heteroatoms. The van der Waals surface area contributed by atoms with Crippen LogP contribution in [-0.4, -0.2) is 36.3 Å². The highest BCUT2D eigenvalue weighted by molar-refractivity contribution is 5.89. The molecule has 0 atom stereocenters. The Balaban J connectivity index is 2.10. The lowest BCUT2D eigenvalue weighted by atomic mass is 9.77. The summed E-state index contributed by atoms with van der Waals surface area (Å²) in [6.07, 6.45) is 5.27. The average molecular weight is 252 g/mol. The van der Waals surface area contributed by atoms with E-state index in [2.05, 4.69) is 19.2 Å². The van der Waals surface area contributed by atoms with E-state index in [0.29, 0.717) is 19.0 Å². The predicted molar refractivity (Wildman–Crippen MR) is 69.9 cm³/mol. The van der Waals surface area contributed by atoms with Crippen LogP contribution in [0.3, 0.4) is 0 Å². The van der Waals surface area contributed by atoms with Crippen molar-refractivity contribution in [3.8, 4) is 0 Å². The van der Waals surface area contributed by atoms with E-state index in [0.717, 1.165) is 32.1 Å². The van der Waals surface area contributed by atoms with Gasteiger partial charge in [0.05, 0.1) is 6.54 Å². The van der Waals surface area contributed by atoms with Crippen LogP contribution in [0.2, 0.25) is 0 Å². The molecule has 1 saturated heterocycles. The number of hydrogen-bond donors (Lipinski definition) is 1. The van der Waals surface area contributed by atoms with Crippen LogP contribution in [0.15, 0.2) is 0 Å².